The van der Waals surface area contributed by atoms with E-state index in [1.165, 1.54) is 0 Å². The van der Waals surface area contributed by atoms with Crippen LogP contribution in [0.25, 0.3) is 0 Å². The first-order chi connectivity index (χ1) is 8.89. The van der Waals surface area contributed by atoms with Crippen LogP contribution >= 0.6 is 0 Å². The number of hydrogen-bond donors (Lipinski definition) is 1. The summed E-state index contributed by atoms with van der Waals surface area (Å²) in [7, 11) is 0. The second kappa shape index (κ2) is 5.39. The molecule has 0 saturated carbocycles. The van der Waals surface area contributed by atoms with E-state index in [9.17, 15) is 9.59 Å². The third-order valence-corrected chi connectivity index (χ3v) is 4.43. The number of likely N-dealkylation sites (tertiary alicyclic amines) is 2. The van der Waals surface area contributed by atoms with Gasteiger partial charge in [0.2, 0.25) is 0 Å². The van der Waals surface area contributed by atoms with Gasteiger partial charge in [-0.25, -0.2) is 4.79 Å². The van der Waals surface area contributed by atoms with Crippen LogP contribution in [0.4, 0.5) is 4.79 Å². The molecule has 0 unspecified atom stereocenters. The van der Waals surface area contributed by atoms with Crippen molar-refractivity contribution in [3.63, 3.8) is 0 Å². The number of carboxylic acid groups (broad SMARTS) is 1. The van der Waals surface area contributed by atoms with E-state index in [4.69, 9.17) is 5.11 Å². The normalized spacial score (nSPS) is 27.2. The van der Waals surface area contributed by atoms with Crippen molar-refractivity contribution in [1.82, 2.24) is 9.80 Å². The third kappa shape index (κ3) is 3.39. The van der Waals surface area contributed by atoms with Crippen molar-refractivity contribution in [2.75, 3.05) is 26.2 Å². The lowest BCUT2D eigenvalue weighted by Crippen LogP contribution is -2.51. The molecule has 2 aliphatic rings. The lowest BCUT2D eigenvalue weighted by atomic mass is 9.83. The summed E-state index contributed by atoms with van der Waals surface area (Å²) >= 11 is 0. The summed E-state index contributed by atoms with van der Waals surface area (Å²) in [4.78, 5) is 27.0. The van der Waals surface area contributed by atoms with Gasteiger partial charge in [0.15, 0.2) is 0 Å². The zero-order chi connectivity index (χ0) is 14.0. The van der Waals surface area contributed by atoms with Gasteiger partial charge in [-0.1, -0.05) is 13.8 Å². The first kappa shape index (κ1) is 14.2. The lowest BCUT2D eigenvalue weighted by molar-refractivity contribution is -0.143. The molecule has 2 rings (SSSR count). The molecule has 1 atom stereocenters. The molecule has 1 N–H and O–H groups in total. The zero-order valence-electron chi connectivity index (χ0n) is 11.9. The summed E-state index contributed by atoms with van der Waals surface area (Å²) in [5.41, 5.74) is 0.322. The average Bonchev–Trinajstić information content (AvgIpc) is 2.38. The molecule has 2 saturated heterocycles. The maximum Gasteiger partial charge on any atom is 0.320 e. The summed E-state index contributed by atoms with van der Waals surface area (Å²) in [5, 5.41) is 9.07. The second-order valence-corrected chi connectivity index (χ2v) is 6.56. The number of rotatable bonds is 1. The van der Waals surface area contributed by atoms with Gasteiger partial charge in [-0.2, -0.15) is 0 Å². The Balaban J connectivity index is 1.91. The Bertz CT molecular complexity index is 358. The van der Waals surface area contributed by atoms with E-state index in [0.29, 0.717) is 24.9 Å². The number of hydrogen-bond acceptors (Lipinski definition) is 2. The highest BCUT2D eigenvalue weighted by Gasteiger charge is 2.33. The Morgan fingerprint density at radius 2 is 1.74 bits per heavy atom. The third-order valence-electron chi connectivity index (χ3n) is 4.43. The van der Waals surface area contributed by atoms with Crippen LogP contribution in [0, 0.1) is 11.3 Å². The van der Waals surface area contributed by atoms with Crippen molar-refractivity contribution >= 4 is 12.0 Å². The van der Waals surface area contributed by atoms with Gasteiger partial charge in [-0.3, -0.25) is 4.79 Å². The molecular weight excluding hydrogens is 244 g/mol. The van der Waals surface area contributed by atoms with Gasteiger partial charge < -0.3 is 14.9 Å². The first-order valence-electron chi connectivity index (χ1n) is 7.16. The number of carbonyl (C=O) groups excluding carboxylic acids is 1. The molecule has 2 fully saturated rings. The molecule has 5 heteroatoms. The SMILES string of the molecule is CC1(C)CCN(C(=O)N2CCC[C@H](C(=O)O)C2)CC1. The Morgan fingerprint density at radius 1 is 1.11 bits per heavy atom. The van der Waals surface area contributed by atoms with Gasteiger partial charge in [0.25, 0.3) is 0 Å². The van der Waals surface area contributed by atoms with Crippen LogP contribution in [-0.4, -0.2) is 53.1 Å². The van der Waals surface area contributed by atoms with Crippen molar-refractivity contribution in [3.05, 3.63) is 0 Å². The minimum atomic E-state index is -0.780. The van der Waals surface area contributed by atoms with Gasteiger partial charge in [-0.15, -0.1) is 0 Å². The van der Waals surface area contributed by atoms with Gasteiger partial charge >= 0.3 is 12.0 Å². The van der Waals surface area contributed by atoms with E-state index >= 15 is 0 Å². The number of carbonyl (C=O) groups is 2. The standard InChI is InChI=1S/C14H24N2O3/c1-14(2)5-8-15(9-6-14)13(19)16-7-3-4-11(10-16)12(17)18/h11H,3-10H2,1-2H3,(H,17,18)/t11-/m0/s1. The molecule has 0 aromatic rings. The molecule has 5 nitrogen and oxygen atoms in total. The molecule has 0 bridgehead atoms. The van der Waals surface area contributed by atoms with E-state index in [1.807, 2.05) is 4.90 Å². The van der Waals surface area contributed by atoms with Crippen LogP contribution < -0.4 is 0 Å². The topological polar surface area (TPSA) is 60.9 Å². The smallest absolute Gasteiger partial charge is 0.320 e. The van der Waals surface area contributed by atoms with Crippen LogP contribution in [0.2, 0.25) is 0 Å². The molecule has 0 aromatic carbocycles. The fourth-order valence-electron chi connectivity index (χ4n) is 2.86. The first-order valence-corrected chi connectivity index (χ1v) is 7.16. The Kier molecular flexibility index (Phi) is 4.02. The minimum Gasteiger partial charge on any atom is -0.481 e. The number of urea groups is 1. The summed E-state index contributed by atoms with van der Waals surface area (Å²) in [6.45, 7) is 7.11. The second-order valence-electron chi connectivity index (χ2n) is 6.56. The summed E-state index contributed by atoms with van der Waals surface area (Å²) in [5.74, 6) is -1.17. The van der Waals surface area contributed by atoms with Gasteiger partial charge in [0.1, 0.15) is 0 Å². The van der Waals surface area contributed by atoms with Crippen molar-refractivity contribution in [3.8, 4) is 0 Å². The molecule has 108 valence electrons. The van der Waals surface area contributed by atoms with Gasteiger partial charge in [-0.05, 0) is 31.1 Å². The van der Waals surface area contributed by atoms with E-state index in [-0.39, 0.29) is 11.9 Å². The predicted molar refractivity (Wildman–Crippen MR) is 71.9 cm³/mol. The molecule has 19 heavy (non-hydrogen) atoms. The fraction of sp³-hybridized carbons (Fsp3) is 0.857. The fourth-order valence-corrected chi connectivity index (χ4v) is 2.86. The van der Waals surface area contributed by atoms with Crippen molar-refractivity contribution in [2.45, 2.75) is 39.5 Å². The highest BCUT2D eigenvalue weighted by atomic mass is 16.4. The van der Waals surface area contributed by atoms with Crippen molar-refractivity contribution < 1.29 is 14.7 Å². The molecule has 2 amide bonds. The zero-order valence-corrected chi connectivity index (χ0v) is 11.9. The van der Waals surface area contributed by atoms with Crippen LogP contribution in [0.5, 0.6) is 0 Å². The van der Waals surface area contributed by atoms with Crippen molar-refractivity contribution in [2.24, 2.45) is 11.3 Å². The number of aliphatic carboxylic acids is 1. The van der Waals surface area contributed by atoms with Crippen LogP contribution in [0.1, 0.15) is 39.5 Å². The molecule has 0 spiro atoms. The molecule has 0 radical (unpaired) electrons. The quantitative estimate of drug-likeness (QED) is 0.791. The van der Waals surface area contributed by atoms with E-state index in [2.05, 4.69) is 13.8 Å². The van der Waals surface area contributed by atoms with Gasteiger partial charge in [0, 0.05) is 26.2 Å². The van der Waals surface area contributed by atoms with E-state index in [1.54, 1.807) is 4.90 Å². The Hall–Kier alpha value is -1.26. The lowest BCUT2D eigenvalue weighted by Gasteiger charge is -2.40. The van der Waals surface area contributed by atoms with E-state index < -0.39 is 5.97 Å². The molecular formula is C14H24N2O3. The number of amides is 2. The highest BCUT2D eigenvalue weighted by molar-refractivity contribution is 5.76. The minimum absolute atomic E-state index is 0.0291. The van der Waals surface area contributed by atoms with Crippen LogP contribution in [0.3, 0.4) is 0 Å². The highest BCUT2D eigenvalue weighted by Crippen LogP contribution is 2.30. The molecule has 0 aliphatic carbocycles. The molecule has 2 aliphatic heterocycles. The average molecular weight is 268 g/mol. The van der Waals surface area contributed by atoms with E-state index in [0.717, 1.165) is 32.4 Å². The van der Waals surface area contributed by atoms with Crippen LogP contribution in [-0.2, 0) is 4.79 Å². The largest absolute Gasteiger partial charge is 0.481 e. The molecule has 2 heterocycles. The summed E-state index contributed by atoms with van der Waals surface area (Å²) in [6, 6.07) is 0.0291. The predicted octanol–water partition coefficient (Wildman–Crippen LogP) is 2.03. The monoisotopic (exact) mass is 268 g/mol. The van der Waals surface area contributed by atoms with Crippen molar-refractivity contribution in [1.29, 1.82) is 0 Å². The van der Waals surface area contributed by atoms with Crippen LogP contribution in [0.15, 0.2) is 0 Å². The number of nitrogens with zero attached hydrogens (tertiary/aromatic N) is 2. The Labute approximate surface area is 114 Å². The Morgan fingerprint density at radius 3 is 2.32 bits per heavy atom. The van der Waals surface area contributed by atoms with Gasteiger partial charge in [0.05, 0.1) is 5.92 Å². The maximum atomic E-state index is 12.4. The summed E-state index contributed by atoms with van der Waals surface area (Å²) < 4.78 is 0. The number of carboxylic acids is 1. The maximum absolute atomic E-state index is 12.4. The number of piperidine rings is 2. The molecule has 0 aromatic heterocycles. The summed E-state index contributed by atoms with van der Waals surface area (Å²) in [6.07, 6.45) is 3.53.